The van der Waals surface area contributed by atoms with E-state index in [0.29, 0.717) is 19.7 Å². The molecule has 2 N–H and O–H groups in total. The first-order valence-corrected chi connectivity index (χ1v) is 5.65. The molecule has 0 aromatic rings. The molecule has 2 atom stereocenters. The number of morpholine rings is 1. The fourth-order valence-electron chi connectivity index (χ4n) is 1.49. The smallest absolute Gasteiger partial charge is 0.410 e. The topological polar surface area (TPSA) is 64.8 Å². The Kier molecular flexibility index (Phi) is 4.15. The Morgan fingerprint density at radius 3 is 2.69 bits per heavy atom. The normalized spacial score (nSPS) is 24.1. The van der Waals surface area contributed by atoms with Crippen molar-refractivity contribution in [2.45, 2.75) is 45.4 Å². The van der Waals surface area contributed by atoms with Crippen LogP contribution in [0.4, 0.5) is 4.79 Å². The SMILES string of the molecule is C[C@H](N)C1CN(C(=O)OC(C)(C)C)CCO1. The van der Waals surface area contributed by atoms with Crippen LogP contribution in [0.1, 0.15) is 27.7 Å². The van der Waals surface area contributed by atoms with Crippen LogP contribution in [0.5, 0.6) is 0 Å². The average Bonchev–Trinajstić information content (AvgIpc) is 2.15. The monoisotopic (exact) mass is 230 g/mol. The van der Waals surface area contributed by atoms with E-state index in [-0.39, 0.29) is 18.2 Å². The van der Waals surface area contributed by atoms with Crippen LogP contribution in [0.25, 0.3) is 0 Å². The molecule has 1 aliphatic heterocycles. The first-order chi connectivity index (χ1) is 7.29. The van der Waals surface area contributed by atoms with Crippen molar-refractivity contribution in [3.63, 3.8) is 0 Å². The van der Waals surface area contributed by atoms with Gasteiger partial charge in [-0.1, -0.05) is 0 Å². The number of nitrogens with zero attached hydrogens (tertiary/aromatic N) is 1. The maximum absolute atomic E-state index is 11.8. The molecule has 0 radical (unpaired) electrons. The zero-order chi connectivity index (χ0) is 12.3. The van der Waals surface area contributed by atoms with Crippen molar-refractivity contribution in [1.82, 2.24) is 4.90 Å². The van der Waals surface area contributed by atoms with E-state index in [1.807, 2.05) is 27.7 Å². The number of carbonyl (C=O) groups excluding carboxylic acids is 1. The number of amides is 1. The van der Waals surface area contributed by atoms with Gasteiger partial charge in [0.15, 0.2) is 0 Å². The molecule has 0 spiro atoms. The van der Waals surface area contributed by atoms with Crippen molar-refractivity contribution in [2.24, 2.45) is 5.73 Å². The molecule has 1 amide bonds. The van der Waals surface area contributed by atoms with Crippen LogP contribution in [0.15, 0.2) is 0 Å². The minimum atomic E-state index is -0.459. The lowest BCUT2D eigenvalue weighted by atomic mass is 10.1. The van der Waals surface area contributed by atoms with Crippen LogP contribution in [0, 0.1) is 0 Å². The van der Waals surface area contributed by atoms with E-state index in [4.69, 9.17) is 15.2 Å². The minimum absolute atomic E-state index is 0.0785. The first-order valence-electron chi connectivity index (χ1n) is 5.65. The molecule has 0 aromatic heterocycles. The van der Waals surface area contributed by atoms with Crippen LogP contribution in [-0.2, 0) is 9.47 Å². The third-order valence-electron chi connectivity index (χ3n) is 2.33. The van der Waals surface area contributed by atoms with Crippen molar-refractivity contribution in [1.29, 1.82) is 0 Å². The van der Waals surface area contributed by atoms with Crippen LogP contribution in [-0.4, -0.2) is 48.4 Å². The molecule has 5 heteroatoms. The van der Waals surface area contributed by atoms with Crippen molar-refractivity contribution in [3.8, 4) is 0 Å². The summed E-state index contributed by atoms with van der Waals surface area (Å²) in [7, 11) is 0. The highest BCUT2D eigenvalue weighted by atomic mass is 16.6. The van der Waals surface area contributed by atoms with Gasteiger partial charge in [0, 0.05) is 12.6 Å². The number of hydrogen-bond donors (Lipinski definition) is 1. The Morgan fingerprint density at radius 1 is 1.56 bits per heavy atom. The van der Waals surface area contributed by atoms with E-state index in [1.165, 1.54) is 0 Å². The Hall–Kier alpha value is -0.810. The zero-order valence-corrected chi connectivity index (χ0v) is 10.5. The van der Waals surface area contributed by atoms with Crippen molar-refractivity contribution < 1.29 is 14.3 Å². The summed E-state index contributed by atoms with van der Waals surface area (Å²) in [5.41, 5.74) is 5.29. The van der Waals surface area contributed by atoms with Gasteiger partial charge in [0.25, 0.3) is 0 Å². The van der Waals surface area contributed by atoms with Crippen molar-refractivity contribution in [3.05, 3.63) is 0 Å². The Bertz CT molecular complexity index is 248. The van der Waals surface area contributed by atoms with Crippen LogP contribution < -0.4 is 5.73 Å². The lowest BCUT2D eigenvalue weighted by Crippen LogP contribution is -2.52. The van der Waals surface area contributed by atoms with E-state index in [2.05, 4.69) is 0 Å². The predicted molar refractivity (Wildman–Crippen MR) is 61.2 cm³/mol. The predicted octanol–water partition coefficient (Wildman–Crippen LogP) is 0.969. The summed E-state index contributed by atoms with van der Waals surface area (Å²) >= 11 is 0. The number of ether oxygens (including phenoxy) is 2. The second-order valence-corrected chi connectivity index (χ2v) is 5.19. The quantitative estimate of drug-likeness (QED) is 0.729. The fraction of sp³-hybridized carbons (Fsp3) is 0.909. The maximum atomic E-state index is 11.8. The van der Waals surface area contributed by atoms with Crippen LogP contribution in [0.3, 0.4) is 0 Å². The van der Waals surface area contributed by atoms with Gasteiger partial charge in [0.05, 0.1) is 19.3 Å². The summed E-state index contributed by atoms with van der Waals surface area (Å²) in [6.07, 6.45) is -0.386. The first kappa shape index (κ1) is 13.3. The highest BCUT2D eigenvalue weighted by molar-refractivity contribution is 5.68. The highest BCUT2D eigenvalue weighted by Crippen LogP contribution is 2.13. The Labute approximate surface area is 96.9 Å². The molecule has 16 heavy (non-hydrogen) atoms. The van der Waals surface area contributed by atoms with E-state index in [9.17, 15) is 4.79 Å². The maximum Gasteiger partial charge on any atom is 0.410 e. The highest BCUT2D eigenvalue weighted by Gasteiger charge is 2.29. The van der Waals surface area contributed by atoms with Gasteiger partial charge in [0.2, 0.25) is 0 Å². The molecule has 1 heterocycles. The lowest BCUT2D eigenvalue weighted by molar-refractivity contribution is -0.0483. The second-order valence-electron chi connectivity index (χ2n) is 5.19. The summed E-state index contributed by atoms with van der Waals surface area (Å²) in [5, 5.41) is 0. The molecule has 1 aliphatic rings. The van der Waals surface area contributed by atoms with E-state index >= 15 is 0 Å². The molecule has 1 rings (SSSR count). The van der Waals surface area contributed by atoms with Gasteiger partial charge in [0.1, 0.15) is 5.60 Å². The number of hydrogen-bond acceptors (Lipinski definition) is 4. The van der Waals surface area contributed by atoms with Gasteiger partial charge in [-0.2, -0.15) is 0 Å². The fourth-order valence-corrected chi connectivity index (χ4v) is 1.49. The molecule has 1 unspecified atom stereocenters. The Morgan fingerprint density at radius 2 is 2.19 bits per heavy atom. The molecular weight excluding hydrogens is 208 g/mol. The van der Waals surface area contributed by atoms with Crippen molar-refractivity contribution in [2.75, 3.05) is 19.7 Å². The van der Waals surface area contributed by atoms with Gasteiger partial charge in [-0.25, -0.2) is 4.79 Å². The molecule has 0 aliphatic carbocycles. The van der Waals surface area contributed by atoms with E-state index in [0.717, 1.165) is 0 Å². The summed E-state index contributed by atoms with van der Waals surface area (Å²) in [6.45, 7) is 9.04. The van der Waals surface area contributed by atoms with Gasteiger partial charge in [-0.3, -0.25) is 0 Å². The van der Waals surface area contributed by atoms with E-state index < -0.39 is 5.60 Å². The van der Waals surface area contributed by atoms with E-state index in [1.54, 1.807) is 4.90 Å². The van der Waals surface area contributed by atoms with Crippen molar-refractivity contribution >= 4 is 6.09 Å². The van der Waals surface area contributed by atoms with Gasteiger partial charge in [-0.05, 0) is 27.7 Å². The second kappa shape index (κ2) is 5.01. The molecule has 1 saturated heterocycles. The molecule has 1 fully saturated rings. The standard InChI is InChI=1S/C11H22N2O3/c1-8(12)9-7-13(5-6-15-9)10(14)16-11(2,3)4/h8-9H,5-7,12H2,1-4H3/t8-,9?/m0/s1. The Balaban J connectivity index is 2.50. The van der Waals surface area contributed by atoms with Crippen LogP contribution in [0.2, 0.25) is 0 Å². The van der Waals surface area contributed by atoms with Gasteiger partial charge in [-0.15, -0.1) is 0 Å². The molecule has 0 bridgehead atoms. The summed E-state index contributed by atoms with van der Waals surface area (Å²) < 4.78 is 10.8. The van der Waals surface area contributed by atoms with Gasteiger partial charge >= 0.3 is 6.09 Å². The summed E-state index contributed by atoms with van der Waals surface area (Å²) in [6, 6.07) is -0.0785. The lowest BCUT2D eigenvalue weighted by Gasteiger charge is -2.35. The average molecular weight is 230 g/mol. The minimum Gasteiger partial charge on any atom is -0.444 e. The summed E-state index contributed by atoms with van der Waals surface area (Å²) in [5.74, 6) is 0. The largest absolute Gasteiger partial charge is 0.444 e. The molecule has 0 saturated carbocycles. The van der Waals surface area contributed by atoms with Crippen LogP contribution >= 0.6 is 0 Å². The zero-order valence-electron chi connectivity index (χ0n) is 10.5. The molecule has 94 valence electrons. The molecule has 0 aromatic carbocycles. The molecule has 5 nitrogen and oxygen atoms in total. The molecular formula is C11H22N2O3. The third-order valence-corrected chi connectivity index (χ3v) is 2.33. The van der Waals surface area contributed by atoms with Gasteiger partial charge < -0.3 is 20.1 Å². The number of rotatable bonds is 1. The third kappa shape index (κ3) is 3.98. The number of nitrogens with two attached hydrogens (primary N) is 1. The summed E-state index contributed by atoms with van der Waals surface area (Å²) in [4.78, 5) is 13.4. The number of carbonyl (C=O) groups is 1.